The number of aromatic nitrogens is 3. The molecule has 0 spiro atoms. The average Bonchev–Trinajstić information content (AvgIpc) is 3.05. The first-order chi connectivity index (χ1) is 12.3. The van der Waals surface area contributed by atoms with Crippen LogP contribution in [0.25, 0.3) is 11.4 Å². The highest BCUT2D eigenvalue weighted by atomic mass is 79.9. The van der Waals surface area contributed by atoms with E-state index >= 15 is 0 Å². The largest absolute Gasteiger partial charge is 0.460 e. The highest BCUT2D eigenvalue weighted by molar-refractivity contribution is 9.10. The van der Waals surface area contributed by atoms with Crippen LogP contribution < -0.4 is 0 Å². The third-order valence-corrected chi connectivity index (χ3v) is 5.43. The third-order valence-electron chi connectivity index (χ3n) is 3.24. The van der Waals surface area contributed by atoms with Crippen LogP contribution in [0.2, 0.25) is 25.7 Å². The molecule has 1 N–H and O–H groups in total. The van der Waals surface area contributed by atoms with Gasteiger partial charge in [0.25, 0.3) is 0 Å². The van der Waals surface area contributed by atoms with Crippen LogP contribution in [0.5, 0.6) is 0 Å². The molecule has 6 nitrogen and oxygen atoms in total. The number of aromatic amines is 1. The monoisotopic (exact) mass is 441 g/mol. The average molecular weight is 442 g/mol. The molecule has 0 unspecified atom stereocenters. The van der Waals surface area contributed by atoms with Gasteiger partial charge in [0, 0.05) is 31.3 Å². The van der Waals surface area contributed by atoms with Crippen LogP contribution in [-0.2, 0) is 9.47 Å². The number of H-pyrrole nitrogens is 1. The zero-order valence-electron chi connectivity index (χ0n) is 16.1. The lowest BCUT2D eigenvalue weighted by molar-refractivity contribution is 0.0512. The summed E-state index contributed by atoms with van der Waals surface area (Å²) in [6, 6.07) is 8.81. The van der Waals surface area contributed by atoms with Crippen molar-refractivity contribution in [3.8, 4) is 11.4 Å². The van der Waals surface area contributed by atoms with Crippen molar-refractivity contribution in [2.24, 2.45) is 0 Å². The predicted molar refractivity (Wildman–Crippen MR) is 110 cm³/mol. The second-order valence-corrected chi connectivity index (χ2v) is 13.3. The Labute approximate surface area is 164 Å². The minimum absolute atomic E-state index is 0.113. The zero-order valence-corrected chi connectivity index (χ0v) is 18.7. The van der Waals surface area contributed by atoms with E-state index in [0.29, 0.717) is 12.4 Å². The molecule has 2 aromatic rings. The van der Waals surface area contributed by atoms with Crippen molar-refractivity contribution < 1.29 is 14.3 Å². The number of nitrogens with zero attached hydrogens (tertiary/aromatic N) is 2. The van der Waals surface area contributed by atoms with E-state index in [-0.39, 0.29) is 5.82 Å². The lowest BCUT2D eigenvalue weighted by Crippen LogP contribution is -2.21. The highest BCUT2D eigenvalue weighted by Crippen LogP contribution is 2.19. The van der Waals surface area contributed by atoms with Gasteiger partial charge in [-0.3, -0.25) is 5.10 Å². The van der Waals surface area contributed by atoms with Gasteiger partial charge >= 0.3 is 5.97 Å². The minimum Gasteiger partial charge on any atom is -0.460 e. The van der Waals surface area contributed by atoms with Gasteiger partial charge < -0.3 is 9.47 Å². The summed E-state index contributed by atoms with van der Waals surface area (Å²) < 4.78 is 11.0. The summed E-state index contributed by atoms with van der Waals surface area (Å²) in [6.45, 7) is 13.0. The Morgan fingerprint density at radius 3 is 2.54 bits per heavy atom. The molecule has 0 aliphatic rings. The topological polar surface area (TPSA) is 77.1 Å². The second kappa shape index (κ2) is 11.3. The molecule has 0 saturated carbocycles. The van der Waals surface area contributed by atoms with E-state index in [1.54, 1.807) is 6.92 Å². The number of halogens is 1. The van der Waals surface area contributed by atoms with Gasteiger partial charge in [-0.15, -0.1) is 0 Å². The first kappa shape index (κ1) is 22.5. The van der Waals surface area contributed by atoms with Crippen molar-refractivity contribution in [3.05, 3.63) is 34.6 Å². The fraction of sp³-hybridized carbons (Fsp3) is 0.500. The summed E-state index contributed by atoms with van der Waals surface area (Å²) in [4.78, 5) is 15.5. The molecule has 0 atom stereocenters. The normalized spacial score (nSPS) is 10.8. The summed E-state index contributed by atoms with van der Waals surface area (Å²) in [7, 11) is -0.819. The maximum atomic E-state index is 11.4. The SMILES string of the molecule is CCOC(=O)c1nc(-c2cccc(Br)c2)n[nH]1.CCOCC[Si](C)(C)C. The number of benzene rings is 1. The summed E-state index contributed by atoms with van der Waals surface area (Å²) in [5.74, 6) is 0.0809. The molecule has 8 heteroatoms. The molecule has 0 radical (unpaired) electrons. The van der Waals surface area contributed by atoms with Gasteiger partial charge in [-0.2, -0.15) is 5.10 Å². The van der Waals surface area contributed by atoms with Crippen LogP contribution in [0.1, 0.15) is 24.5 Å². The van der Waals surface area contributed by atoms with Crippen molar-refractivity contribution in [2.75, 3.05) is 19.8 Å². The fourth-order valence-electron chi connectivity index (χ4n) is 1.83. The summed E-state index contributed by atoms with van der Waals surface area (Å²) in [5, 5.41) is 6.53. The molecule has 1 aromatic carbocycles. The first-order valence-corrected chi connectivity index (χ1v) is 13.2. The van der Waals surface area contributed by atoms with Gasteiger partial charge in [0.1, 0.15) is 0 Å². The van der Waals surface area contributed by atoms with Crippen LogP contribution in [0.15, 0.2) is 28.7 Å². The first-order valence-electron chi connectivity index (χ1n) is 8.70. The van der Waals surface area contributed by atoms with Gasteiger partial charge in [0.05, 0.1) is 6.61 Å². The molecule has 1 aromatic heterocycles. The number of carbonyl (C=O) groups excluding carboxylic acids is 1. The van der Waals surface area contributed by atoms with E-state index in [4.69, 9.17) is 9.47 Å². The number of hydrogen-bond donors (Lipinski definition) is 1. The Bertz CT molecular complexity index is 686. The number of carbonyl (C=O) groups is 1. The number of nitrogens with one attached hydrogen (secondary N) is 1. The smallest absolute Gasteiger partial charge is 0.375 e. The molecule has 26 heavy (non-hydrogen) atoms. The van der Waals surface area contributed by atoms with Crippen LogP contribution >= 0.6 is 15.9 Å². The Morgan fingerprint density at radius 2 is 1.96 bits per heavy atom. The number of hydrogen-bond acceptors (Lipinski definition) is 5. The number of ether oxygens (including phenoxy) is 2. The zero-order chi connectivity index (χ0) is 19.6. The third kappa shape index (κ3) is 8.73. The Morgan fingerprint density at radius 1 is 1.23 bits per heavy atom. The van der Waals surface area contributed by atoms with E-state index in [1.165, 1.54) is 6.04 Å². The van der Waals surface area contributed by atoms with Crippen molar-refractivity contribution in [1.82, 2.24) is 15.2 Å². The highest BCUT2D eigenvalue weighted by Gasteiger charge is 2.13. The standard InChI is InChI=1S/C11H10BrN3O2.C7H18OSi/c1-2-17-11(16)10-13-9(14-15-10)7-4-3-5-8(12)6-7;1-5-8-6-7-9(2,3)4/h3-6H,2H2,1H3,(H,13,14,15);5-7H2,1-4H3. The number of rotatable bonds is 7. The summed E-state index contributed by atoms with van der Waals surface area (Å²) >= 11 is 3.36. The summed E-state index contributed by atoms with van der Waals surface area (Å²) in [6.07, 6.45) is 0. The van der Waals surface area contributed by atoms with E-state index in [0.717, 1.165) is 23.2 Å². The van der Waals surface area contributed by atoms with Crippen LogP contribution in [0.4, 0.5) is 0 Å². The maximum Gasteiger partial charge on any atom is 0.375 e. The van der Waals surface area contributed by atoms with Crippen LogP contribution in [0.3, 0.4) is 0 Å². The van der Waals surface area contributed by atoms with E-state index in [1.807, 2.05) is 31.2 Å². The quantitative estimate of drug-likeness (QED) is 0.380. The van der Waals surface area contributed by atoms with Crippen molar-refractivity contribution >= 4 is 30.0 Å². The van der Waals surface area contributed by atoms with Crippen LogP contribution in [-0.4, -0.2) is 49.0 Å². The van der Waals surface area contributed by atoms with E-state index in [9.17, 15) is 4.79 Å². The lowest BCUT2D eigenvalue weighted by atomic mass is 10.2. The molecule has 144 valence electrons. The van der Waals surface area contributed by atoms with Crippen molar-refractivity contribution in [2.45, 2.75) is 39.5 Å². The van der Waals surface area contributed by atoms with Crippen molar-refractivity contribution in [3.63, 3.8) is 0 Å². The number of esters is 1. The molecule has 0 amide bonds. The molecule has 0 saturated heterocycles. The van der Waals surface area contributed by atoms with Gasteiger partial charge in [0.15, 0.2) is 5.82 Å². The van der Waals surface area contributed by atoms with Crippen molar-refractivity contribution in [1.29, 1.82) is 0 Å². The van der Waals surface area contributed by atoms with Gasteiger partial charge in [-0.25, -0.2) is 9.78 Å². The van der Waals surface area contributed by atoms with Gasteiger partial charge in [-0.05, 0) is 32.0 Å². The molecule has 0 bridgehead atoms. The molecule has 0 fully saturated rings. The predicted octanol–water partition coefficient (Wildman–Crippen LogP) is 4.77. The molecule has 2 rings (SSSR count). The molecular weight excluding hydrogens is 414 g/mol. The van der Waals surface area contributed by atoms with Gasteiger partial charge in [0.2, 0.25) is 5.82 Å². The van der Waals surface area contributed by atoms with E-state index in [2.05, 4.69) is 50.8 Å². The van der Waals surface area contributed by atoms with Gasteiger partial charge in [-0.1, -0.05) is 47.7 Å². The Balaban J connectivity index is 0.000000321. The fourth-order valence-corrected chi connectivity index (χ4v) is 2.99. The minimum atomic E-state index is -0.819. The maximum absolute atomic E-state index is 11.4. The van der Waals surface area contributed by atoms with Crippen LogP contribution in [0, 0.1) is 0 Å². The Hall–Kier alpha value is -1.51. The summed E-state index contributed by atoms with van der Waals surface area (Å²) in [5.41, 5.74) is 0.825. The second-order valence-electron chi connectivity index (χ2n) is 6.75. The Kier molecular flexibility index (Phi) is 9.75. The lowest BCUT2D eigenvalue weighted by Gasteiger charge is -2.14. The molecule has 1 heterocycles. The molecular formula is C18H28BrN3O3Si. The molecule has 0 aliphatic carbocycles. The van der Waals surface area contributed by atoms with E-state index < -0.39 is 14.0 Å². The molecule has 0 aliphatic heterocycles.